The molecule has 5 nitrogen and oxygen atoms in total. The molecule has 2 rings (SSSR count). The molecule has 0 bridgehead atoms. The van der Waals surface area contributed by atoms with Gasteiger partial charge in [0.05, 0.1) is 10.5 Å². The van der Waals surface area contributed by atoms with Gasteiger partial charge in [0.2, 0.25) is 0 Å². The van der Waals surface area contributed by atoms with E-state index >= 15 is 0 Å². The number of rotatable bonds is 2. The third-order valence-corrected chi connectivity index (χ3v) is 6.77. The number of guanidine groups is 1. The third kappa shape index (κ3) is 4.59. The molecule has 1 aliphatic rings. The molecule has 0 spiro atoms. The quantitative estimate of drug-likeness (QED) is 0.411. The Morgan fingerprint density at radius 3 is 2.62 bits per heavy atom. The topological polar surface area (TPSA) is 61.8 Å². The van der Waals surface area contributed by atoms with Crippen molar-refractivity contribution in [1.29, 1.82) is 0 Å². The number of nitrogens with zero attached hydrogens (tertiary/aromatic N) is 2. The van der Waals surface area contributed by atoms with E-state index in [-0.39, 0.29) is 35.5 Å². The molecular weight excluding hydrogens is 444 g/mol. The molecular formula is C16H25FIN3O2S. The van der Waals surface area contributed by atoms with E-state index in [2.05, 4.69) is 10.3 Å². The van der Waals surface area contributed by atoms with Crippen LogP contribution in [0.4, 0.5) is 4.39 Å². The maximum absolute atomic E-state index is 13.6. The molecule has 0 radical (unpaired) electrons. The molecule has 24 heavy (non-hydrogen) atoms. The molecule has 1 heterocycles. The largest absolute Gasteiger partial charge is 0.352 e. The first-order chi connectivity index (χ1) is 10.7. The van der Waals surface area contributed by atoms with E-state index < -0.39 is 14.6 Å². The summed E-state index contributed by atoms with van der Waals surface area (Å²) in [6, 6.07) is 5.11. The van der Waals surface area contributed by atoms with Crippen LogP contribution in [0.2, 0.25) is 0 Å². The molecule has 1 N–H and O–H groups in total. The van der Waals surface area contributed by atoms with Crippen molar-refractivity contribution in [3.63, 3.8) is 0 Å². The van der Waals surface area contributed by atoms with Crippen LogP contribution in [0.25, 0.3) is 0 Å². The monoisotopic (exact) mass is 469 g/mol. The van der Waals surface area contributed by atoms with Gasteiger partial charge in [-0.15, -0.1) is 24.0 Å². The first-order valence-electron chi connectivity index (χ1n) is 7.59. The molecule has 8 heteroatoms. The zero-order valence-corrected chi connectivity index (χ0v) is 17.6. The maximum atomic E-state index is 13.6. The van der Waals surface area contributed by atoms with Gasteiger partial charge in [-0.2, -0.15) is 0 Å². The molecule has 1 fully saturated rings. The van der Waals surface area contributed by atoms with Crippen LogP contribution < -0.4 is 5.32 Å². The predicted octanol–water partition coefficient (Wildman–Crippen LogP) is 2.34. The van der Waals surface area contributed by atoms with Crippen LogP contribution >= 0.6 is 24.0 Å². The highest BCUT2D eigenvalue weighted by Gasteiger charge is 2.40. The van der Waals surface area contributed by atoms with Crippen molar-refractivity contribution in [2.45, 2.75) is 32.1 Å². The van der Waals surface area contributed by atoms with Crippen LogP contribution in [0.15, 0.2) is 23.2 Å². The second-order valence-electron chi connectivity index (χ2n) is 6.48. The molecule has 0 aliphatic carbocycles. The lowest BCUT2D eigenvalue weighted by molar-refractivity contribution is 0.353. The molecule has 0 unspecified atom stereocenters. The van der Waals surface area contributed by atoms with Gasteiger partial charge in [-0.1, -0.05) is 12.1 Å². The second kappa shape index (κ2) is 7.99. The van der Waals surface area contributed by atoms with Crippen molar-refractivity contribution in [1.82, 2.24) is 10.2 Å². The molecule has 0 amide bonds. The Morgan fingerprint density at radius 1 is 1.42 bits per heavy atom. The van der Waals surface area contributed by atoms with E-state index in [4.69, 9.17) is 0 Å². The first kappa shape index (κ1) is 21.1. The van der Waals surface area contributed by atoms with E-state index in [9.17, 15) is 12.8 Å². The third-order valence-electron chi connectivity index (χ3n) is 4.24. The molecule has 136 valence electrons. The summed E-state index contributed by atoms with van der Waals surface area (Å²) in [5.41, 5.74) is 1.43. The lowest BCUT2D eigenvalue weighted by Gasteiger charge is -2.39. The Morgan fingerprint density at radius 2 is 2.08 bits per heavy atom. The molecule has 0 saturated carbocycles. The predicted molar refractivity (Wildman–Crippen MR) is 106 cm³/mol. The minimum absolute atomic E-state index is 0. The van der Waals surface area contributed by atoms with Gasteiger partial charge in [0.25, 0.3) is 0 Å². The number of aliphatic imine (C=N–C) groups is 1. The Balaban J connectivity index is 0.00000288. The summed E-state index contributed by atoms with van der Waals surface area (Å²) in [7, 11) is -1.43. The van der Waals surface area contributed by atoms with Gasteiger partial charge in [-0.25, -0.2) is 12.8 Å². The van der Waals surface area contributed by atoms with Crippen molar-refractivity contribution in [2.75, 3.05) is 25.9 Å². The van der Waals surface area contributed by atoms with Crippen LogP contribution in [-0.4, -0.2) is 49.9 Å². The van der Waals surface area contributed by atoms with Crippen LogP contribution in [0.5, 0.6) is 0 Å². The summed E-state index contributed by atoms with van der Waals surface area (Å²) in [5.74, 6) is 0.512. The smallest absolute Gasteiger partial charge is 0.193 e. The summed E-state index contributed by atoms with van der Waals surface area (Å²) in [4.78, 5) is 6.16. The SMILES string of the molecule is CN=C(NCc1ccc(C)c(F)c1)N1CCS(=O)(=O)C(C)(C)C1.I. The van der Waals surface area contributed by atoms with Gasteiger partial charge >= 0.3 is 0 Å². The van der Waals surface area contributed by atoms with Crippen molar-refractivity contribution < 1.29 is 12.8 Å². The van der Waals surface area contributed by atoms with Crippen molar-refractivity contribution >= 4 is 39.8 Å². The summed E-state index contributed by atoms with van der Waals surface area (Å²) in [6.07, 6.45) is 0. The fourth-order valence-electron chi connectivity index (χ4n) is 2.58. The van der Waals surface area contributed by atoms with Gasteiger partial charge < -0.3 is 10.2 Å². The first-order valence-corrected chi connectivity index (χ1v) is 9.24. The average molecular weight is 469 g/mol. The van der Waals surface area contributed by atoms with Crippen molar-refractivity contribution in [2.24, 2.45) is 4.99 Å². The standard InChI is InChI=1S/C16H24FN3O2S.HI/c1-12-5-6-13(9-14(12)17)10-19-15(18-4)20-7-8-23(21,22)16(2,3)11-20;/h5-6,9H,7-8,10-11H2,1-4H3,(H,18,19);1H. The van der Waals surface area contributed by atoms with E-state index in [1.165, 1.54) is 6.07 Å². The van der Waals surface area contributed by atoms with Crippen LogP contribution in [0.3, 0.4) is 0 Å². The summed E-state index contributed by atoms with van der Waals surface area (Å²) in [6.45, 7) is 6.43. The summed E-state index contributed by atoms with van der Waals surface area (Å²) < 4.78 is 36.9. The van der Waals surface area contributed by atoms with Gasteiger partial charge in [0, 0.05) is 26.7 Å². The molecule has 1 aromatic carbocycles. The minimum Gasteiger partial charge on any atom is -0.352 e. The molecule has 1 aliphatic heterocycles. The van der Waals surface area contributed by atoms with E-state index in [0.717, 1.165) is 5.56 Å². The number of benzene rings is 1. The Kier molecular flexibility index (Phi) is 7.04. The zero-order valence-electron chi connectivity index (χ0n) is 14.5. The van der Waals surface area contributed by atoms with E-state index in [0.29, 0.717) is 31.2 Å². The molecule has 1 saturated heterocycles. The van der Waals surface area contributed by atoms with Gasteiger partial charge in [-0.3, -0.25) is 4.99 Å². The van der Waals surface area contributed by atoms with Crippen LogP contribution in [0.1, 0.15) is 25.0 Å². The summed E-state index contributed by atoms with van der Waals surface area (Å²) >= 11 is 0. The maximum Gasteiger partial charge on any atom is 0.193 e. The van der Waals surface area contributed by atoms with Gasteiger partial charge in [-0.05, 0) is 38.0 Å². The van der Waals surface area contributed by atoms with Crippen molar-refractivity contribution in [3.05, 3.63) is 35.1 Å². The van der Waals surface area contributed by atoms with Gasteiger partial charge in [0.15, 0.2) is 15.8 Å². The Bertz CT molecular complexity index is 720. The average Bonchev–Trinajstić information content (AvgIpc) is 2.47. The molecule has 0 atom stereocenters. The van der Waals surface area contributed by atoms with Gasteiger partial charge in [0.1, 0.15) is 5.82 Å². The number of hydrogen-bond donors (Lipinski definition) is 1. The normalized spacial score (nSPS) is 19.5. The number of sulfone groups is 1. The second-order valence-corrected chi connectivity index (χ2v) is 9.23. The van der Waals surface area contributed by atoms with E-state index in [1.807, 2.05) is 11.0 Å². The Labute approximate surface area is 160 Å². The molecule has 1 aromatic rings. The lowest BCUT2D eigenvalue weighted by Crippen LogP contribution is -2.57. The Hall–Kier alpha value is -0.900. The number of halogens is 2. The fourth-order valence-corrected chi connectivity index (χ4v) is 3.95. The van der Waals surface area contributed by atoms with E-state index in [1.54, 1.807) is 33.9 Å². The summed E-state index contributed by atoms with van der Waals surface area (Å²) in [5, 5.41) is 3.18. The van der Waals surface area contributed by atoms with Crippen molar-refractivity contribution in [3.8, 4) is 0 Å². The highest BCUT2D eigenvalue weighted by molar-refractivity contribution is 14.0. The zero-order chi connectivity index (χ0) is 17.3. The van der Waals surface area contributed by atoms with Crippen LogP contribution in [-0.2, 0) is 16.4 Å². The molecule has 0 aromatic heterocycles. The minimum atomic E-state index is -3.09. The lowest BCUT2D eigenvalue weighted by atomic mass is 10.1. The number of hydrogen-bond acceptors (Lipinski definition) is 3. The number of aryl methyl sites for hydroxylation is 1. The highest BCUT2D eigenvalue weighted by Crippen LogP contribution is 2.23. The fraction of sp³-hybridized carbons (Fsp3) is 0.562. The highest BCUT2D eigenvalue weighted by atomic mass is 127. The van der Waals surface area contributed by atoms with Crippen LogP contribution in [0, 0.1) is 12.7 Å². The number of nitrogens with one attached hydrogen (secondary N) is 1.